The van der Waals surface area contributed by atoms with Crippen molar-refractivity contribution in [2.24, 2.45) is 0 Å². The van der Waals surface area contributed by atoms with Gasteiger partial charge in [-0.15, -0.1) is 0 Å². The summed E-state index contributed by atoms with van der Waals surface area (Å²) in [6.45, 7) is 6.43. The number of rotatable bonds is 3. The Hall–Kier alpha value is -1.35. The zero-order chi connectivity index (χ0) is 14.6. The molecule has 0 N–H and O–H groups in total. The molecule has 1 aliphatic carbocycles. The lowest BCUT2D eigenvalue weighted by molar-refractivity contribution is -0.239. The molecule has 2 rings (SSSR count). The predicted molar refractivity (Wildman–Crippen MR) is 78.0 cm³/mol. The number of hydrogen-bond donors (Lipinski definition) is 0. The van der Waals surface area contributed by atoms with E-state index >= 15 is 0 Å². The first-order valence-electron chi connectivity index (χ1n) is 7.31. The van der Waals surface area contributed by atoms with Crippen molar-refractivity contribution in [3.8, 4) is 0 Å². The maximum absolute atomic E-state index is 11.9. The van der Waals surface area contributed by atoms with Gasteiger partial charge in [0, 0.05) is 0 Å². The second kappa shape index (κ2) is 6.40. The van der Waals surface area contributed by atoms with Crippen molar-refractivity contribution in [1.29, 1.82) is 0 Å². The molecule has 0 heterocycles. The molecule has 109 valence electrons. The monoisotopic (exact) mass is 275 g/mol. The van der Waals surface area contributed by atoms with Gasteiger partial charge in [0.1, 0.15) is 6.10 Å². The summed E-state index contributed by atoms with van der Waals surface area (Å²) in [6.07, 6.45) is 6.15. The largest absolute Gasteiger partial charge is 0.373 e. The third-order valence-corrected chi connectivity index (χ3v) is 3.63. The van der Waals surface area contributed by atoms with Crippen molar-refractivity contribution in [3.63, 3.8) is 0 Å². The van der Waals surface area contributed by atoms with Gasteiger partial charge in [0.15, 0.2) is 0 Å². The molecular formula is C17H23O3. The fourth-order valence-corrected chi connectivity index (χ4v) is 2.28. The van der Waals surface area contributed by atoms with Crippen LogP contribution in [0.5, 0.6) is 0 Å². The third kappa shape index (κ3) is 4.07. The minimum atomic E-state index is -0.427. The zero-order valence-corrected chi connectivity index (χ0v) is 12.6. The van der Waals surface area contributed by atoms with E-state index in [2.05, 4.69) is 20.8 Å². The molecule has 1 saturated carbocycles. The fraction of sp³-hybridized carbons (Fsp3) is 0.529. The molecule has 3 nitrogen and oxygen atoms in total. The van der Waals surface area contributed by atoms with Gasteiger partial charge < -0.3 is 0 Å². The van der Waals surface area contributed by atoms with Gasteiger partial charge in [0.25, 0.3) is 0 Å². The van der Waals surface area contributed by atoms with Crippen molar-refractivity contribution >= 4 is 5.97 Å². The minimum Gasteiger partial charge on any atom is -0.292 e. The van der Waals surface area contributed by atoms with Gasteiger partial charge in [0.05, 0.1) is 5.56 Å². The first kappa shape index (κ1) is 15.0. The summed E-state index contributed by atoms with van der Waals surface area (Å²) < 4.78 is 0. The standard InChI is InChI=1S/C17H23O3/c1-17(2,3)14-11-9-13(10-12-14)16(18)20-19-15-7-5-4-6-8-15/h9-12H,4-8H2,1-3H3. The summed E-state index contributed by atoms with van der Waals surface area (Å²) in [4.78, 5) is 22.0. The van der Waals surface area contributed by atoms with Crippen LogP contribution in [0.15, 0.2) is 24.3 Å². The van der Waals surface area contributed by atoms with E-state index in [1.807, 2.05) is 12.1 Å². The van der Waals surface area contributed by atoms with Crippen molar-refractivity contribution in [2.45, 2.75) is 58.3 Å². The summed E-state index contributed by atoms with van der Waals surface area (Å²) in [7, 11) is 0. The molecular weight excluding hydrogens is 252 g/mol. The molecule has 1 aromatic carbocycles. The van der Waals surface area contributed by atoms with E-state index < -0.39 is 5.97 Å². The van der Waals surface area contributed by atoms with Gasteiger partial charge in [-0.25, -0.2) is 4.79 Å². The van der Waals surface area contributed by atoms with Crippen LogP contribution < -0.4 is 0 Å². The lowest BCUT2D eigenvalue weighted by Gasteiger charge is -2.20. The Labute approximate surface area is 121 Å². The lowest BCUT2D eigenvalue weighted by Crippen LogP contribution is -2.14. The molecule has 20 heavy (non-hydrogen) atoms. The Balaban J connectivity index is 1.89. The van der Waals surface area contributed by atoms with Gasteiger partial charge in [-0.2, -0.15) is 4.89 Å². The lowest BCUT2D eigenvalue weighted by atomic mass is 9.87. The second-order valence-electron chi connectivity index (χ2n) is 6.38. The van der Waals surface area contributed by atoms with Crippen LogP contribution in [0.4, 0.5) is 0 Å². The van der Waals surface area contributed by atoms with Crippen molar-refractivity contribution < 1.29 is 14.6 Å². The smallest absolute Gasteiger partial charge is 0.292 e. The SMILES string of the molecule is CC(C)(C)c1ccc(C(=O)OO[C]2CCCCC2)cc1. The molecule has 1 fully saturated rings. The molecule has 0 amide bonds. The Kier molecular flexibility index (Phi) is 4.81. The van der Waals surface area contributed by atoms with Gasteiger partial charge in [-0.3, -0.25) is 4.89 Å². The van der Waals surface area contributed by atoms with E-state index in [1.165, 1.54) is 12.0 Å². The average Bonchev–Trinajstić information content (AvgIpc) is 2.45. The highest BCUT2D eigenvalue weighted by molar-refractivity contribution is 5.89. The number of benzene rings is 1. The summed E-state index contributed by atoms with van der Waals surface area (Å²) in [5.41, 5.74) is 1.79. The highest BCUT2D eigenvalue weighted by Gasteiger charge is 2.19. The number of hydrogen-bond acceptors (Lipinski definition) is 3. The maximum atomic E-state index is 11.9. The van der Waals surface area contributed by atoms with Crippen LogP contribution in [-0.4, -0.2) is 5.97 Å². The van der Waals surface area contributed by atoms with Crippen LogP contribution in [-0.2, 0) is 15.2 Å². The Morgan fingerprint density at radius 1 is 1.00 bits per heavy atom. The molecule has 0 atom stereocenters. The van der Waals surface area contributed by atoms with E-state index in [4.69, 9.17) is 9.78 Å². The van der Waals surface area contributed by atoms with Crippen LogP contribution in [0.3, 0.4) is 0 Å². The molecule has 0 aliphatic heterocycles. The van der Waals surface area contributed by atoms with E-state index in [1.54, 1.807) is 12.1 Å². The number of carbonyl (C=O) groups is 1. The Morgan fingerprint density at radius 3 is 2.15 bits per heavy atom. The zero-order valence-electron chi connectivity index (χ0n) is 12.6. The molecule has 0 saturated heterocycles. The Morgan fingerprint density at radius 2 is 1.60 bits per heavy atom. The summed E-state index contributed by atoms with van der Waals surface area (Å²) >= 11 is 0. The Bertz CT molecular complexity index is 436. The van der Waals surface area contributed by atoms with Crippen LogP contribution in [0.2, 0.25) is 0 Å². The van der Waals surface area contributed by atoms with Crippen LogP contribution >= 0.6 is 0 Å². The summed E-state index contributed by atoms with van der Waals surface area (Å²) in [6, 6.07) is 7.50. The van der Waals surface area contributed by atoms with Crippen molar-refractivity contribution in [2.75, 3.05) is 0 Å². The normalized spacial score (nSPS) is 16.9. The van der Waals surface area contributed by atoms with Crippen LogP contribution in [0, 0.1) is 6.10 Å². The molecule has 0 bridgehead atoms. The first-order chi connectivity index (χ1) is 9.47. The fourth-order valence-electron chi connectivity index (χ4n) is 2.28. The quantitative estimate of drug-likeness (QED) is 0.599. The average molecular weight is 275 g/mol. The van der Waals surface area contributed by atoms with E-state index in [0.29, 0.717) is 5.56 Å². The molecule has 1 radical (unpaired) electrons. The van der Waals surface area contributed by atoms with Gasteiger partial charge in [-0.1, -0.05) is 52.2 Å². The van der Waals surface area contributed by atoms with Crippen molar-refractivity contribution in [3.05, 3.63) is 41.5 Å². The van der Waals surface area contributed by atoms with E-state index in [-0.39, 0.29) is 5.41 Å². The van der Waals surface area contributed by atoms with Gasteiger partial charge in [-0.05, 0) is 36.0 Å². The second-order valence-corrected chi connectivity index (χ2v) is 6.38. The molecule has 0 unspecified atom stereocenters. The molecule has 1 aliphatic rings. The van der Waals surface area contributed by atoms with Crippen molar-refractivity contribution in [1.82, 2.24) is 0 Å². The predicted octanol–water partition coefficient (Wildman–Crippen LogP) is 4.57. The van der Waals surface area contributed by atoms with Crippen LogP contribution in [0.1, 0.15) is 68.8 Å². The highest BCUT2D eigenvalue weighted by atomic mass is 17.2. The first-order valence-corrected chi connectivity index (χ1v) is 7.31. The summed E-state index contributed by atoms with van der Waals surface area (Å²) in [5.74, 6) is -0.427. The third-order valence-electron chi connectivity index (χ3n) is 3.63. The van der Waals surface area contributed by atoms with Crippen LogP contribution in [0.25, 0.3) is 0 Å². The minimum absolute atomic E-state index is 0.0802. The molecule has 0 aromatic heterocycles. The van der Waals surface area contributed by atoms with E-state index in [9.17, 15) is 4.79 Å². The molecule has 1 aromatic rings. The van der Waals surface area contributed by atoms with Gasteiger partial charge in [0.2, 0.25) is 0 Å². The number of carbonyl (C=O) groups excluding carboxylic acids is 1. The maximum Gasteiger partial charge on any atom is 0.373 e. The van der Waals surface area contributed by atoms with E-state index in [0.717, 1.165) is 31.8 Å². The summed E-state index contributed by atoms with van der Waals surface area (Å²) in [5, 5.41) is 0. The molecule has 3 heteroatoms. The topological polar surface area (TPSA) is 35.5 Å². The highest BCUT2D eigenvalue weighted by Crippen LogP contribution is 2.27. The molecule has 0 spiro atoms. The van der Waals surface area contributed by atoms with Gasteiger partial charge >= 0.3 is 5.97 Å².